The summed E-state index contributed by atoms with van der Waals surface area (Å²) in [6.45, 7) is 3.42. The first-order chi connectivity index (χ1) is 11.7. The molecule has 0 saturated carbocycles. The van der Waals surface area contributed by atoms with Gasteiger partial charge in [0.15, 0.2) is 0 Å². The van der Waals surface area contributed by atoms with Gasteiger partial charge in [-0.05, 0) is 35.6 Å². The molecule has 3 nitrogen and oxygen atoms in total. The molecule has 1 N–H and O–H groups in total. The standard InChI is InChI=1S/C21H26O3/c1-17(15-24-16-18-8-4-3-5-9-18)7-6-10-21(22)19-11-13-20(23-2)14-12-19/h3-9,11-14,17,21-22H,10,15-16H2,1-2H3/b7-6+/t17-,21+/m0/s1. The van der Waals surface area contributed by atoms with E-state index in [1.165, 1.54) is 5.56 Å². The van der Waals surface area contributed by atoms with E-state index in [1.54, 1.807) is 7.11 Å². The SMILES string of the molecule is COc1ccc([C@H](O)C/C=C/[C@H](C)COCc2ccccc2)cc1. The normalized spacial score (nSPS) is 13.8. The second-order valence-corrected chi connectivity index (χ2v) is 5.93. The third-order valence-electron chi connectivity index (χ3n) is 3.82. The van der Waals surface area contributed by atoms with Crippen LogP contribution in [0.25, 0.3) is 0 Å². The van der Waals surface area contributed by atoms with Crippen LogP contribution in [0.2, 0.25) is 0 Å². The molecule has 24 heavy (non-hydrogen) atoms. The van der Waals surface area contributed by atoms with Crippen molar-refractivity contribution in [2.75, 3.05) is 13.7 Å². The molecule has 2 aromatic rings. The predicted octanol–water partition coefficient (Wildman–Crippen LogP) is 4.53. The van der Waals surface area contributed by atoms with Gasteiger partial charge in [-0.25, -0.2) is 0 Å². The Morgan fingerprint density at radius 1 is 1.04 bits per heavy atom. The second kappa shape index (κ2) is 9.91. The minimum Gasteiger partial charge on any atom is -0.497 e. The zero-order valence-electron chi connectivity index (χ0n) is 14.4. The number of hydrogen-bond acceptors (Lipinski definition) is 3. The molecule has 2 aromatic carbocycles. The maximum absolute atomic E-state index is 10.2. The van der Waals surface area contributed by atoms with E-state index in [-0.39, 0.29) is 0 Å². The van der Waals surface area contributed by atoms with E-state index in [0.29, 0.717) is 25.6 Å². The molecule has 2 rings (SSSR count). The molecule has 0 heterocycles. The fourth-order valence-electron chi connectivity index (χ4n) is 2.39. The van der Waals surface area contributed by atoms with Crippen molar-refractivity contribution in [2.24, 2.45) is 5.92 Å². The molecule has 0 saturated heterocycles. The first kappa shape index (κ1) is 18.2. The number of rotatable bonds is 9. The summed E-state index contributed by atoms with van der Waals surface area (Å²) in [6.07, 6.45) is 4.21. The molecule has 0 spiro atoms. The van der Waals surface area contributed by atoms with Gasteiger partial charge in [0.05, 0.1) is 26.4 Å². The summed E-state index contributed by atoms with van der Waals surface area (Å²) < 4.78 is 10.8. The van der Waals surface area contributed by atoms with Gasteiger partial charge < -0.3 is 14.6 Å². The molecular formula is C21H26O3. The van der Waals surface area contributed by atoms with Gasteiger partial charge in [0.1, 0.15) is 5.75 Å². The Labute approximate surface area is 144 Å². The summed E-state index contributed by atoms with van der Waals surface area (Å²) in [7, 11) is 1.63. The third-order valence-corrected chi connectivity index (χ3v) is 3.82. The van der Waals surface area contributed by atoms with Gasteiger partial charge in [0.2, 0.25) is 0 Å². The molecule has 3 heteroatoms. The first-order valence-electron chi connectivity index (χ1n) is 8.29. The van der Waals surface area contributed by atoms with Crippen LogP contribution in [-0.4, -0.2) is 18.8 Å². The highest BCUT2D eigenvalue weighted by atomic mass is 16.5. The van der Waals surface area contributed by atoms with Crippen LogP contribution in [0.15, 0.2) is 66.7 Å². The monoisotopic (exact) mass is 326 g/mol. The van der Waals surface area contributed by atoms with Crippen LogP contribution in [0.5, 0.6) is 5.75 Å². The highest BCUT2D eigenvalue weighted by Gasteiger charge is 2.06. The highest BCUT2D eigenvalue weighted by Crippen LogP contribution is 2.20. The molecular weight excluding hydrogens is 300 g/mol. The summed E-state index contributed by atoms with van der Waals surface area (Å²) in [5, 5.41) is 10.2. The summed E-state index contributed by atoms with van der Waals surface area (Å²) in [5.74, 6) is 1.11. The Morgan fingerprint density at radius 3 is 2.42 bits per heavy atom. The van der Waals surface area contributed by atoms with Crippen molar-refractivity contribution < 1.29 is 14.6 Å². The quantitative estimate of drug-likeness (QED) is 0.688. The third kappa shape index (κ3) is 6.19. The molecule has 128 valence electrons. The molecule has 0 aliphatic carbocycles. The van der Waals surface area contributed by atoms with Crippen molar-refractivity contribution >= 4 is 0 Å². The van der Waals surface area contributed by atoms with Crippen LogP contribution >= 0.6 is 0 Å². The van der Waals surface area contributed by atoms with E-state index in [0.717, 1.165) is 11.3 Å². The van der Waals surface area contributed by atoms with Crippen molar-refractivity contribution in [3.63, 3.8) is 0 Å². The van der Waals surface area contributed by atoms with Gasteiger partial charge >= 0.3 is 0 Å². The lowest BCUT2D eigenvalue weighted by Crippen LogP contribution is -2.03. The summed E-state index contributed by atoms with van der Waals surface area (Å²) in [6, 6.07) is 17.7. The van der Waals surface area contributed by atoms with Gasteiger partial charge in [-0.2, -0.15) is 0 Å². The summed E-state index contributed by atoms with van der Waals surface area (Å²) in [5.41, 5.74) is 2.08. The maximum atomic E-state index is 10.2. The lowest BCUT2D eigenvalue weighted by Gasteiger charge is -2.11. The number of hydrogen-bond donors (Lipinski definition) is 1. The topological polar surface area (TPSA) is 38.7 Å². The molecule has 0 aliphatic rings. The average Bonchev–Trinajstić information content (AvgIpc) is 2.62. The van der Waals surface area contributed by atoms with Crippen LogP contribution in [0, 0.1) is 5.92 Å². The number of aliphatic hydroxyl groups excluding tert-OH is 1. The Balaban J connectivity index is 1.69. The van der Waals surface area contributed by atoms with E-state index in [2.05, 4.69) is 25.1 Å². The van der Waals surface area contributed by atoms with Crippen molar-refractivity contribution in [3.05, 3.63) is 77.9 Å². The zero-order chi connectivity index (χ0) is 17.2. The maximum Gasteiger partial charge on any atom is 0.118 e. The van der Waals surface area contributed by atoms with Crippen molar-refractivity contribution in [1.82, 2.24) is 0 Å². The van der Waals surface area contributed by atoms with Gasteiger partial charge in [0, 0.05) is 0 Å². The Morgan fingerprint density at radius 2 is 1.75 bits per heavy atom. The Bertz CT molecular complexity index is 605. The molecule has 2 atom stereocenters. The predicted molar refractivity (Wildman–Crippen MR) is 97.0 cm³/mol. The van der Waals surface area contributed by atoms with E-state index < -0.39 is 6.10 Å². The van der Waals surface area contributed by atoms with Crippen LogP contribution in [0.3, 0.4) is 0 Å². The minimum atomic E-state index is -0.496. The Hall–Kier alpha value is -2.10. The van der Waals surface area contributed by atoms with Crippen molar-refractivity contribution in [2.45, 2.75) is 26.1 Å². The zero-order valence-corrected chi connectivity index (χ0v) is 14.4. The van der Waals surface area contributed by atoms with Crippen molar-refractivity contribution in [3.8, 4) is 5.75 Å². The van der Waals surface area contributed by atoms with E-state index >= 15 is 0 Å². The van der Waals surface area contributed by atoms with E-state index in [9.17, 15) is 5.11 Å². The molecule has 0 fully saturated rings. The lowest BCUT2D eigenvalue weighted by molar-refractivity contribution is 0.104. The van der Waals surface area contributed by atoms with Crippen LogP contribution in [-0.2, 0) is 11.3 Å². The minimum absolute atomic E-state index is 0.316. The van der Waals surface area contributed by atoms with Gasteiger partial charge in [0.25, 0.3) is 0 Å². The summed E-state index contributed by atoms with van der Waals surface area (Å²) in [4.78, 5) is 0. The second-order valence-electron chi connectivity index (χ2n) is 5.93. The smallest absolute Gasteiger partial charge is 0.118 e. The van der Waals surface area contributed by atoms with Crippen LogP contribution in [0.4, 0.5) is 0 Å². The largest absolute Gasteiger partial charge is 0.497 e. The Kier molecular flexibility index (Phi) is 7.53. The average molecular weight is 326 g/mol. The first-order valence-corrected chi connectivity index (χ1v) is 8.29. The number of aliphatic hydroxyl groups is 1. The lowest BCUT2D eigenvalue weighted by atomic mass is 10.0. The van der Waals surface area contributed by atoms with Crippen LogP contribution in [0.1, 0.15) is 30.6 Å². The number of methoxy groups -OCH3 is 1. The number of benzene rings is 2. The van der Waals surface area contributed by atoms with Crippen molar-refractivity contribution in [1.29, 1.82) is 0 Å². The number of ether oxygens (including phenoxy) is 2. The molecule has 0 amide bonds. The van der Waals surface area contributed by atoms with Gasteiger partial charge in [-0.15, -0.1) is 0 Å². The van der Waals surface area contributed by atoms with E-state index in [1.807, 2.05) is 48.5 Å². The molecule has 0 radical (unpaired) electrons. The van der Waals surface area contributed by atoms with Gasteiger partial charge in [-0.3, -0.25) is 0 Å². The molecule has 0 aromatic heterocycles. The molecule has 0 aliphatic heterocycles. The fourth-order valence-corrected chi connectivity index (χ4v) is 2.39. The molecule has 0 unspecified atom stereocenters. The van der Waals surface area contributed by atoms with Crippen LogP contribution < -0.4 is 4.74 Å². The van der Waals surface area contributed by atoms with Gasteiger partial charge in [-0.1, -0.05) is 61.5 Å². The van der Waals surface area contributed by atoms with E-state index in [4.69, 9.17) is 9.47 Å². The highest BCUT2D eigenvalue weighted by molar-refractivity contribution is 5.28. The summed E-state index contributed by atoms with van der Waals surface area (Å²) >= 11 is 0. The fraction of sp³-hybridized carbons (Fsp3) is 0.333. The molecule has 0 bridgehead atoms.